The van der Waals surface area contributed by atoms with Crippen LogP contribution in [0.25, 0.3) is 0 Å². The average Bonchev–Trinajstić information content (AvgIpc) is 2.82. The predicted octanol–water partition coefficient (Wildman–Crippen LogP) is 3.64. The summed E-state index contributed by atoms with van der Waals surface area (Å²) in [5.41, 5.74) is 2.69. The summed E-state index contributed by atoms with van der Waals surface area (Å²) in [6.45, 7) is 1.80. The lowest BCUT2D eigenvalue weighted by molar-refractivity contribution is 0.475. The molecule has 0 bridgehead atoms. The summed E-state index contributed by atoms with van der Waals surface area (Å²) in [6, 6.07) is 5.33. The van der Waals surface area contributed by atoms with E-state index in [1.807, 2.05) is 6.07 Å². The van der Waals surface area contributed by atoms with Crippen LogP contribution in [0.3, 0.4) is 0 Å². The molecule has 0 saturated heterocycles. The summed E-state index contributed by atoms with van der Waals surface area (Å²) >= 11 is 5.84. The minimum Gasteiger partial charge on any atom is -0.506 e. The summed E-state index contributed by atoms with van der Waals surface area (Å²) in [5, 5.41) is 13.1. The molecule has 0 atom stereocenters. The number of hydrogen-bond donors (Lipinski definition) is 2. The third kappa shape index (κ3) is 3.76. The Morgan fingerprint density at radius 2 is 2.24 bits per heavy atom. The third-order valence-corrected chi connectivity index (χ3v) is 3.40. The van der Waals surface area contributed by atoms with Crippen molar-refractivity contribution in [1.82, 2.24) is 5.32 Å². The Balaban J connectivity index is 1.72. The van der Waals surface area contributed by atoms with Gasteiger partial charge in [0.2, 0.25) is 0 Å². The topological polar surface area (TPSA) is 32.3 Å². The van der Waals surface area contributed by atoms with Crippen LogP contribution in [-0.4, -0.2) is 11.7 Å². The Morgan fingerprint density at radius 1 is 1.35 bits per heavy atom. The number of halogens is 1. The average molecular weight is 252 g/mol. The van der Waals surface area contributed by atoms with Crippen molar-refractivity contribution < 1.29 is 5.11 Å². The van der Waals surface area contributed by atoms with E-state index in [4.69, 9.17) is 11.6 Å². The quantitative estimate of drug-likeness (QED) is 0.619. The molecule has 0 aliphatic heterocycles. The van der Waals surface area contributed by atoms with Gasteiger partial charge in [-0.25, -0.2) is 0 Å². The molecule has 92 valence electrons. The van der Waals surface area contributed by atoms with Gasteiger partial charge in [0, 0.05) is 6.54 Å². The van der Waals surface area contributed by atoms with E-state index >= 15 is 0 Å². The highest BCUT2D eigenvalue weighted by molar-refractivity contribution is 6.32. The summed E-state index contributed by atoms with van der Waals surface area (Å²) in [5.74, 6) is 0.145. The fourth-order valence-electron chi connectivity index (χ4n) is 2.11. The van der Waals surface area contributed by atoms with Gasteiger partial charge in [-0.05, 0) is 49.9 Å². The second-order valence-corrected chi connectivity index (χ2v) is 4.87. The van der Waals surface area contributed by atoms with Crippen molar-refractivity contribution in [3.05, 3.63) is 40.4 Å². The molecule has 2 N–H and O–H groups in total. The number of phenols is 1. The van der Waals surface area contributed by atoms with Crippen molar-refractivity contribution in [3.63, 3.8) is 0 Å². The SMILES string of the molecule is Oc1ccc(CNCCC2=CCCC2)cc1Cl. The molecule has 0 fully saturated rings. The van der Waals surface area contributed by atoms with Gasteiger partial charge in [-0.15, -0.1) is 0 Å². The van der Waals surface area contributed by atoms with Crippen molar-refractivity contribution in [2.45, 2.75) is 32.2 Å². The first-order valence-electron chi connectivity index (χ1n) is 6.12. The van der Waals surface area contributed by atoms with Crippen LogP contribution in [0.5, 0.6) is 5.75 Å². The van der Waals surface area contributed by atoms with Gasteiger partial charge in [0.05, 0.1) is 5.02 Å². The van der Waals surface area contributed by atoms with E-state index in [1.54, 1.807) is 17.7 Å². The monoisotopic (exact) mass is 251 g/mol. The van der Waals surface area contributed by atoms with Gasteiger partial charge in [0.15, 0.2) is 0 Å². The molecular formula is C14H18ClNO. The highest BCUT2D eigenvalue weighted by Gasteiger charge is 2.04. The Kier molecular flexibility index (Phi) is 4.46. The van der Waals surface area contributed by atoms with E-state index in [1.165, 1.54) is 19.3 Å². The van der Waals surface area contributed by atoms with E-state index in [0.717, 1.165) is 25.1 Å². The molecule has 0 saturated carbocycles. The zero-order valence-corrected chi connectivity index (χ0v) is 10.6. The highest BCUT2D eigenvalue weighted by atomic mass is 35.5. The Bertz CT molecular complexity index is 415. The van der Waals surface area contributed by atoms with Crippen LogP contribution < -0.4 is 5.32 Å². The van der Waals surface area contributed by atoms with Crippen molar-refractivity contribution in [3.8, 4) is 5.75 Å². The Hall–Kier alpha value is -0.990. The lowest BCUT2D eigenvalue weighted by Gasteiger charge is -2.06. The zero-order chi connectivity index (χ0) is 12.1. The van der Waals surface area contributed by atoms with Crippen LogP contribution in [0.1, 0.15) is 31.2 Å². The first-order valence-corrected chi connectivity index (χ1v) is 6.49. The van der Waals surface area contributed by atoms with Crippen molar-refractivity contribution in [2.75, 3.05) is 6.54 Å². The standard InChI is InChI=1S/C14H18ClNO/c15-13-9-12(5-6-14(13)17)10-16-8-7-11-3-1-2-4-11/h3,5-6,9,16-17H,1-2,4,7-8,10H2. The van der Waals surface area contributed by atoms with Gasteiger partial charge in [-0.1, -0.05) is 29.3 Å². The lowest BCUT2D eigenvalue weighted by Crippen LogP contribution is -2.15. The second-order valence-electron chi connectivity index (χ2n) is 4.47. The van der Waals surface area contributed by atoms with Gasteiger partial charge in [0.25, 0.3) is 0 Å². The molecule has 1 aliphatic carbocycles. The molecule has 0 spiro atoms. The Labute approximate surface area is 107 Å². The summed E-state index contributed by atoms with van der Waals surface area (Å²) in [6.07, 6.45) is 7.35. The molecule has 0 unspecified atom stereocenters. The molecule has 0 amide bonds. The minimum atomic E-state index is 0.145. The third-order valence-electron chi connectivity index (χ3n) is 3.10. The fraction of sp³-hybridized carbons (Fsp3) is 0.429. The van der Waals surface area contributed by atoms with Crippen molar-refractivity contribution in [1.29, 1.82) is 0 Å². The maximum absolute atomic E-state index is 9.30. The molecule has 1 aliphatic rings. The van der Waals surface area contributed by atoms with E-state index < -0.39 is 0 Å². The van der Waals surface area contributed by atoms with Gasteiger partial charge in [-0.2, -0.15) is 0 Å². The number of phenolic OH excluding ortho intramolecular Hbond substituents is 1. The van der Waals surface area contributed by atoms with Crippen LogP contribution in [0, 0.1) is 0 Å². The second kappa shape index (κ2) is 6.08. The molecule has 2 nitrogen and oxygen atoms in total. The normalized spacial score (nSPS) is 15.0. The zero-order valence-electron chi connectivity index (χ0n) is 9.88. The molecule has 3 heteroatoms. The molecule has 0 radical (unpaired) electrons. The van der Waals surface area contributed by atoms with Crippen LogP contribution in [0.4, 0.5) is 0 Å². The number of aromatic hydroxyl groups is 1. The molecule has 1 aromatic carbocycles. The van der Waals surface area contributed by atoms with Gasteiger partial charge < -0.3 is 10.4 Å². The van der Waals surface area contributed by atoms with Gasteiger partial charge in [-0.3, -0.25) is 0 Å². The number of allylic oxidation sites excluding steroid dienone is 1. The number of benzene rings is 1. The van der Waals surface area contributed by atoms with Crippen LogP contribution in [0.2, 0.25) is 5.02 Å². The largest absolute Gasteiger partial charge is 0.506 e. The maximum atomic E-state index is 9.30. The van der Waals surface area contributed by atoms with E-state index in [2.05, 4.69) is 11.4 Å². The van der Waals surface area contributed by atoms with E-state index in [-0.39, 0.29) is 5.75 Å². The highest BCUT2D eigenvalue weighted by Crippen LogP contribution is 2.23. The minimum absolute atomic E-state index is 0.145. The summed E-state index contributed by atoms with van der Waals surface area (Å²) < 4.78 is 0. The first-order chi connectivity index (χ1) is 8.25. The summed E-state index contributed by atoms with van der Waals surface area (Å²) in [7, 11) is 0. The van der Waals surface area contributed by atoms with Crippen LogP contribution >= 0.6 is 11.6 Å². The van der Waals surface area contributed by atoms with Crippen LogP contribution in [-0.2, 0) is 6.54 Å². The first kappa shape index (κ1) is 12.5. The number of rotatable bonds is 5. The molecule has 0 heterocycles. The molecule has 1 aromatic rings. The smallest absolute Gasteiger partial charge is 0.134 e. The molecule has 0 aromatic heterocycles. The van der Waals surface area contributed by atoms with Crippen LogP contribution in [0.15, 0.2) is 29.8 Å². The molecule has 17 heavy (non-hydrogen) atoms. The fourth-order valence-corrected chi connectivity index (χ4v) is 2.31. The Morgan fingerprint density at radius 3 is 2.94 bits per heavy atom. The van der Waals surface area contributed by atoms with Gasteiger partial charge in [0.1, 0.15) is 5.75 Å². The van der Waals surface area contributed by atoms with Crippen molar-refractivity contribution in [2.24, 2.45) is 0 Å². The van der Waals surface area contributed by atoms with Crippen molar-refractivity contribution >= 4 is 11.6 Å². The lowest BCUT2D eigenvalue weighted by atomic mass is 10.1. The summed E-state index contributed by atoms with van der Waals surface area (Å²) in [4.78, 5) is 0. The predicted molar refractivity (Wildman–Crippen MR) is 71.4 cm³/mol. The molecule has 2 rings (SSSR count). The number of nitrogens with one attached hydrogen (secondary N) is 1. The van der Waals surface area contributed by atoms with Gasteiger partial charge >= 0.3 is 0 Å². The number of hydrogen-bond acceptors (Lipinski definition) is 2. The molecular weight excluding hydrogens is 234 g/mol. The maximum Gasteiger partial charge on any atom is 0.134 e. The van der Waals surface area contributed by atoms with E-state index in [9.17, 15) is 5.11 Å². The van der Waals surface area contributed by atoms with E-state index in [0.29, 0.717) is 5.02 Å².